The van der Waals surface area contributed by atoms with E-state index in [0.29, 0.717) is 13.1 Å². The van der Waals surface area contributed by atoms with Crippen LogP contribution in [0.5, 0.6) is 0 Å². The fourth-order valence-electron chi connectivity index (χ4n) is 2.91. The number of hydrogen-bond acceptors (Lipinski definition) is 2. The van der Waals surface area contributed by atoms with Crippen LogP contribution in [0.1, 0.15) is 22.3 Å². The van der Waals surface area contributed by atoms with Crippen LogP contribution >= 0.6 is 15.9 Å². The Balaban J connectivity index is 1.86. The molecule has 3 heteroatoms. The monoisotopic (exact) mass is 395 g/mol. The number of benzene rings is 3. The van der Waals surface area contributed by atoms with Gasteiger partial charge < -0.3 is 10.4 Å². The molecule has 1 unspecified atom stereocenters. The molecule has 1 atom stereocenters. The second kappa shape index (κ2) is 7.96. The molecule has 128 valence electrons. The van der Waals surface area contributed by atoms with Crippen molar-refractivity contribution < 1.29 is 5.11 Å². The van der Waals surface area contributed by atoms with Gasteiger partial charge in [0.25, 0.3) is 0 Å². The number of rotatable bonds is 6. The van der Waals surface area contributed by atoms with E-state index in [1.807, 2.05) is 66.7 Å². The fraction of sp³-hybridized carbons (Fsp3) is 0.182. The lowest BCUT2D eigenvalue weighted by Crippen LogP contribution is -2.39. The van der Waals surface area contributed by atoms with Gasteiger partial charge in [0.1, 0.15) is 5.60 Å². The molecule has 0 saturated carbocycles. The molecule has 0 spiro atoms. The zero-order valence-corrected chi connectivity index (χ0v) is 15.8. The Bertz CT molecular complexity index is 752. The Kier molecular flexibility index (Phi) is 5.69. The summed E-state index contributed by atoms with van der Waals surface area (Å²) in [5.74, 6) is 0. The van der Waals surface area contributed by atoms with Crippen LogP contribution in [-0.4, -0.2) is 11.7 Å². The summed E-state index contributed by atoms with van der Waals surface area (Å²) in [5, 5.41) is 14.9. The van der Waals surface area contributed by atoms with Crippen LogP contribution in [0.4, 0.5) is 0 Å². The molecule has 0 saturated heterocycles. The highest BCUT2D eigenvalue weighted by Gasteiger charge is 2.31. The van der Waals surface area contributed by atoms with Crippen LogP contribution in [-0.2, 0) is 12.1 Å². The first-order valence-corrected chi connectivity index (χ1v) is 9.17. The number of aryl methyl sites for hydroxylation is 1. The lowest BCUT2D eigenvalue weighted by molar-refractivity contribution is 0.0796. The molecule has 2 N–H and O–H groups in total. The van der Waals surface area contributed by atoms with E-state index >= 15 is 0 Å². The van der Waals surface area contributed by atoms with Gasteiger partial charge in [-0.3, -0.25) is 0 Å². The van der Waals surface area contributed by atoms with Gasteiger partial charge in [-0.2, -0.15) is 0 Å². The summed E-state index contributed by atoms with van der Waals surface area (Å²) in [5.41, 5.74) is 3.06. The van der Waals surface area contributed by atoms with E-state index in [2.05, 4.69) is 40.3 Å². The third kappa shape index (κ3) is 4.37. The van der Waals surface area contributed by atoms with Crippen LogP contribution in [0, 0.1) is 6.92 Å². The summed E-state index contributed by atoms with van der Waals surface area (Å²) in [6.45, 7) is 3.20. The molecule has 3 rings (SSSR count). The molecule has 0 radical (unpaired) electrons. The summed E-state index contributed by atoms with van der Waals surface area (Å²) in [4.78, 5) is 0. The summed E-state index contributed by atoms with van der Waals surface area (Å²) < 4.78 is 1.000. The van der Waals surface area contributed by atoms with Gasteiger partial charge in [0.2, 0.25) is 0 Å². The van der Waals surface area contributed by atoms with E-state index in [1.165, 1.54) is 11.1 Å². The van der Waals surface area contributed by atoms with Crippen molar-refractivity contribution in [1.29, 1.82) is 0 Å². The van der Waals surface area contributed by atoms with Gasteiger partial charge >= 0.3 is 0 Å². The van der Waals surface area contributed by atoms with Crippen molar-refractivity contribution in [3.8, 4) is 0 Å². The highest BCUT2D eigenvalue weighted by molar-refractivity contribution is 9.10. The molecule has 0 fully saturated rings. The zero-order valence-electron chi connectivity index (χ0n) is 14.2. The third-order valence-electron chi connectivity index (χ3n) is 4.40. The zero-order chi connectivity index (χ0) is 17.7. The summed E-state index contributed by atoms with van der Waals surface area (Å²) in [6, 6.07) is 26.2. The van der Waals surface area contributed by atoms with Gasteiger partial charge in [-0.05, 0) is 35.7 Å². The Hall–Kier alpha value is -1.94. The van der Waals surface area contributed by atoms with E-state index in [4.69, 9.17) is 0 Å². The predicted octanol–water partition coefficient (Wildman–Crippen LogP) is 4.78. The molecule has 2 nitrogen and oxygen atoms in total. The van der Waals surface area contributed by atoms with Crippen molar-refractivity contribution in [2.75, 3.05) is 6.54 Å². The Labute approximate surface area is 157 Å². The minimum Gasteiger partial charge on any atom is -0.379 e. The molecular weight excluding hydrogens is 374 g/mol. The fourth-order valence-corrected chi connectivity index (χ4v) is 3.17. The molecular formula is C22H22BrNO. The molecule has 0 heterocycles. The molecule has 3 aromatic carbocycles. The standard InChI is InChI=1S/C22H22BrNO/c1-17-7-9-19(10-8-17)22(25,20-11-13-21(23)14-12-20)16-24-15-18-5-3-2-4-6-18/h2-14,24-25H,15-16H2,1H3. The average molecular weight is 396 g/mol. The predicted molar refractivity (Wildman–Crippen MR) is 106 cm³/mol. The first-order chi connectivity index (χ1) is 12.1. The average Bonchev–Trinajstić information content (AvgIpc) is 2.63. The molecule has 0 bridgehead atoms. The van der Waals surface area contributed by atoms with E-state index in [-0.39, 0.29) is 0 Å². The van der Waals surface area contributed by atoms with E-state index in [1.54, 1.807) is 0 Å². The molecule has 0 aliphatic carbocycles. The molecule has 25 heavy (non-hydrogen) atoms. The van der Waals surface area contributed by atoms with Crippen LogP contribution in [0.25, 0.3) is 0 Å². The Morgan fingerprint density at radius 3 is 2.00 bits per heavy atom. The quantitative estimate of drug-likeness (QED) is 0.628. The maximum Gasteiger partial charge on any atom is 0.127 e. The number of halogens is 1. The second-order valence-corrected chi connectivity index (χ2v) is 7.24. The van der Waals surface area contributed by atoms with E-state index in [0.717, 1.165) is 15.6 Å². The highest BCUT2D eigenvalue weighted by atomic mass is 79.9. The van der Waals surface area contributed by atoms with Crippen molar-refractivity contribution in [1.82, 2.24) is 5.32 Å². The Morgan fingerprint density at radius 1 is 0.840 bits per heavy atom. The summed E-state index contributed by atoms with van der Waals surface area (Å²) in [7, 11) is 0. The summed E-state index contributed by atoms with van der Waals surface area (Å²) in [6.07, 6.45) is 0. The minimum atomic E-state index is -1.08. The normalized spacial score (nSPS) is 13.4. The first-order valence-electron chi connectivity index (χ1n) is 8.38. The maximum atomic E-state index is 11.5. The molecule has 0 aliphatic rings. The largest absolute Gasteiger partial charge is 0.379 e. The highest BCUT2D eigenvalue weighted by Crippen LogP contribution is 2.30. The van der Waals surface area contributed by atoms with Gasteiger partial charge in [-0.15, -0.1) is 0 Å². The van der Waals surface area contributed by atoms with Crippen LogP contribution in [0.15, 0.2) is 83.3 Å². The van der Waals surface area contributed by atoms with E-state index < -0.39 is 5.60 Å². The molecule has 0 aromatic heterocycles. The Morgan fingerprint density at radius 2 is 1.40 bits per heavy atom. The van der Waals surface area contributed by atoms with Crippen molar-refractivity contribution in [2.45, 2.75) is 19.1 Å². The van der Waals surface area contributed by atoms with Gasteiger partial charge in [-0.25, -0.2) is 0 Å². The SMILES string of the molecule is Cc1ccc(C(O)(CNCc2ccccc2)c2ccc(Br)cc2)cc1. The van der Waals surface area contributed by atoms with Crippen molar-refractivity contribution in [3.05, 3.63) is 106 Å². The second-order valence-electron chi connectivity index (χ2n) is 6.32. The maximum absolute atomic E-state index is 11.5. The first kappa shape index (κ1) is 17.9. The number of aliphatic hydroxyl groups is 1. The topological polar surface area (TPSA) is 32.3 Å². The van der Waals surface area contributed by atoms with Crippen LogP contribution in [0.2, 0.25) is 0 Å². The number of hydrogen-bond donors (Lipinski definition) is 2. The summed E-state index contributed by atoms with van der Waals surface area (Å²) >= 11 is 3.46. The van der Waals surface area contributed by atoms with Crippen LogP contribution in [0.3, 0.4) is 0 Å². The van der Waals surface area contributed by atoms with Crippen LogP contribution < -0.4 is 5.32 Å². The minimum absolute atomic E-state index is 0.437. The lowest BCUT2D eigenvalue weighted by Gasteiger charge is -2.30. The molecule has 0 aliphatic heterocycles. The third-order valence-corrected chi connectivity index (χ3v) is 4.93. The van der Waals surface area contributed by atoms with Gasteiger partial charge in [0, 0.05) is 17.6 Å². The van der Waals surface area contributed by atoms with Crippen molar-refractivity contribution in [3.63, 3.8) is 0 Å². The van der Waals surface area contributed by atoms with Crippen molar-refractivity contribution >= 4 is 15.9 Å². The van der Waals surface area contributed by atoms with Gasteiger partial charge in [-0.1, -0.05) is 88.2 Å². The molecule has 0 amide bonds. The van der Waals surface area contributed by atoms with Gasteiger partial charge in [0.05, 0.1) is 0 Å². The van der Waals surface area contributed by atoms with E-state index in [9.17, 15) is 5.11 Å². The van der Waals surface area contributed by atoms with Gasteiger partial charge in [0.15, 0.2) is 0 Å². The smallest absolute Gasteiger partial charge is 0.127 e. The molecule has 3 aromatic rings. The number of nitrogens with one attached hydrogen (secondary N) is 1. The lowest BCUT2D eigenvalue weighted by atomic mass is 9.86. The van der Waals surface area contributed by atoms with Crippen molar-refractivity contribution in [2.24, 2.45) is 0 Å².